The van der Waals surface area contributed by atoms with Crippen LogP contribution in [0, 0.1) is 0 Å². The molecule has 8 aromatic rings. The Morgan fingerprint density at radius 1 is 0.444 bits per heavy atom. The van der Waals surface area contributed by atoms with Gasteiger partial charge in [0, 0.05) is 16.7 Å². The maximum absolute atomic E-state index is 5.52. The molecule has 0 fully saturated rings. The predicted octanol–water partition coefficient (Wildman–Crippen LogP) is 12.5. The van der Waals surface area contributed by atoms with E-state index in [4.69, 9.17) is 9.98 Å². The van der Waals surface area contributed by atoms with Gasteiger partial charge < -0.3 is 0 Å². The number of allylic oxidation sites excluding steroid dienone is 1. The summed E-state index contributed by atoms with van der Waals surface area (Å²) in [6.07, 6.45) is 2.37. The van der Waals surface area contributed by atoms with Crippen LogP contribution in [-0.4, -0.2) is 10.7 Å². The van der Waals surface area contributed by atoms with Gasteiger partial charge in [0.1, 0.15) is 0 Å². The standard InChI is InChI=1S/C52H38N2/c1-6-18-38(19-7-1)37-53-51(48-34-43-24-16-17-29-47(43)52(48,45-25-12-4-13-26-45)46-27-14-5-15-28-46)42-32-30-41(31-33-42)50-36-44(39-20-8-2-9-21-39)35-49(54-50)40-22-10-3-11-23-40/h1-36H,37H2/b53-51-. The van der Waals surface area contributed by atoms with Gasteiger partial charge in [-0.25, -0.2) is 4.98 Å². The van der Waals surface area contributed by atoms with Crippen LogP contribution in [0.25, 0.3) is 39.7 Å². The summed E-state index contributed by atoms with van der Waals surface area (Å²) in [5, 5.41) is 0. The summed E-state index contributed by atoms with van der Waals surface area (Å²) in [5.41, 5.74) is 15.0. The van der Waals surface area contributed by atoms with E-state index in [9.17, 15) is 0 Å². The van der Waals surface area contributed by atoms with Crippen molar-refractivity contribution in [1.82, 2.24) is 4.98 Å². The van der Waals surface area contributed by atoms with E-state index in [1.54, 1.807) is 0 Å². The highest BCUT2D eigenvalue weighted by Gasteiger charge is 2.46. The second-order valence-corrected chi connectivity index (χ2v) is 13.7. The molecule has 1 heterocycles. The molecule has 1 aliphatic carbocycles. The van der Waals surface area contributed by atoms with Crippen LogP contribution in [0.15, 0.2) is 223 Å². The summed E-state index contributed by atoms with van der Waals surface area (Å²) in [5.74, 6) is 0. The molecular weight excluding hydrogens is 653 g/mol. The highest BCUT2D eigenvalue weighted by Crippen LogP contribution is 2.52. The van der Waals surface area contributed by atoms with Crippen molar-refractivity contribution in [2.75, 3.05) is 0 Å². The van der Waals surface area contributed by atoms with E-state index in [0.29, 0.717) is 6.54 Å². The van der Waals surface area contributed by atoms with E-state index in [1.807, 2.05) is 6.07 Å². The van der Waals surface area contributed by atoms with Crippen molar-refractivity contribution < 1.29 is 0 Å². The van der Waals surface area contributed by atoms with Gasteiger partial charge >= 0.3 is 0 Å². The van der Waals surface area contributed by atoms with Crippen LogP contribution in [-0.2, 0) is 12.0 Å². The predicted molar refractivity (Wildman–Crippen MR) is 224 cm³/mol. The third-order valence-corrected chi connectivity index (χ3v) is 10.5. The van der Waals surface area contributed by atoms with Crippen LogP contribution >= 0.6 is 0 Å². The van der Waals surface area contributed by atoms with Gasteiger partial charge in [0.15, 0.2) is 0 Å². The van der Waals surface area contributed by atoms with E-state index in [2.05, 4.69) is 212 Å². The molecule has 0 bridgehead atoms. The first-order chi connectivity index (χ1) is 26.8. The number of rotatable bonds is 9. The molecule has 0 atom stereocenters. The molecule has 256 valence electrons. The third kappa shape index (κ3) is 6.18. The Labute approximate surface area is 317 Å². The number of nitrogens with zero attached hydrogens (tertiary/aromatic N) is 2. The monoisotopic (exact) mass is 690 g/mol. The van der Waals surface area contributed by atoms with Gasteiger partial charge in [-0.05, 0) is 62.7 Å². The van der Waals surface area contributed by atoms with Gasteiger partial charge in [0.05, 0.1) is 29.1 Å². The second kappa shape index (κ2) is 14.6. The van der Waals surface area contributed by atoms with Crippen molar-refractivity contribution in [3.05, 3.63) is 251 Å². The smallest absolute Gasteiger partial charge is 0.0728 e. The minimum atomic E-state index is -0.566. The van der Waals surface area contributed by atoms with E-state index in [-0.39, 0.29) is 0 Å². The molecule has 7 aromatic carbocycles. The van der Waals surface area contributed by atoms with E-state index in [0.717, 1.165) is 44.9 Å². The van der Waals surface area contributed by atoms with E-state index in [1.165, 1.54) is 33.4 Å². The van der Waals surface area contributed by atoms with Crippen molar-refractivity contribution in [2.24, 2.45) is 4.99 Å². The van der Waals surface area contributed by atoms with Crippen molar-refractivity contribution >= 4 is 11.8 Å². The average Bonchev–Trinajstić information content (AvgIpc) is 3.61. The molecule has 0 aliphatic heterocycles. The minimum Gasteiger partial charge on any atom is -0.280 e. The molecular formula is C52H38N2. The maximum atomic E-state index is 5.52. The molecule has 0 N–H and O–H groups in total. The zero-order valence-electron chi connectivity index (χ0n) is 29.9. The molecule has 0 spiro atoms. The van der Waals surface area contributed by atoms with Gasteiger partial charge in [-0.1, -0.05) is 200 Å². The molecule has 54 heavy (non-hydrogen) atoms. The van der Waals surface area contributed by atoms with Crippen molar-refractivity contribution in [1.29, 1.82) is 0 Å². The lowest BCUT2D eigenvalue weighted by Crippen LogP contribution is -2.33. The Balaban J connectivity index is 1.21. The normalized spacial score (nSPS) is 13.3. The Morgan fingerprint density at radius 3 is 1.52 bits per heavy atom. The Hall–Kier alpha value is -6.90. The Kier molecular flexibility index (Phi) is 8.92. The molecule has 0 unspecified atom stereocenters. The number of fused-ring (bicyclic) bond motifs is 1. The number of aliphatic imine (C=N–C) groups is 1. The lowest BCUT2D eigenvalue weighted by atomic mass is 9.65. The Bertz CT molecular complexity index is 2480. The molecule has 2 nitrogen and oxygen atoms in total. The van der Waals surface area contributed by atoms with Gasteiger partial charge in [0.25, 0.3) is 0 Å². The summed E-state index contributed by atoms with van der Waals surface area (Å²) in [4.78, 5) is 10.7. The highest BCUT2D eigenvalue weighted by molar-refractivity contribution is 6.19. The molecule has 1 aliphatic rings. The number of hydrogen-bond acceptors (Lipinski definition) is 2. The summed E-state index contributed by atoms with van der Waals surface area (Å²) in [6.45, 7) is 0.562. The first-order valence-corrected chi connectivity index (χ1v) is 18.5. The van der Waals surface area contributed by atoms with Gasteiger partial charge in [0.2, 0.25) is 0 Å². The van der Waals surface area contributed by atoms with Crippen molar-refractivity contribution in [2.45, 2.75) is 12.0 Å². The summed E-state index contributed by atoms with van der Waals surface area (Å²) < 4.78 is 0. The van der Waals surface area contributed by atoms with Gasteiger partial charge in [-0.2, -0.15) is 0 Å². The zero-order valence-corrected chi connectivity index (χ0v) is 29.9. The number of pyridine rings is 1. The lowest BCUT2D eigenvalue weighted by Gasteiger charge is -2.36. The fourth-order valence-corrected chi connectivity index (χ4v) is 7.90. The number of benzene rings is 7. The van der Waals surface area contributed by atoms with Gasteiger partial charge in [-0.3, -0.25) is 4.99 Å². The van der Waals surface area contributed by atoms with Crippen LogP contribution in [0.2, 0.25) is 0 Å². The maximum Gasteiger partial charge on any atom is 0.0728 e. The van der Waals surface area contributed by atoms with Crippen LogP contribution in [0.4, 0.5) is 0 Å². The summed E-state index contributed by atoms with van der Waals surface area (Å²) in [6, 6.07) is 75.4. The SMILES string of the molecule is C1=C(/C(=N\Cc2ccccc2)c2ccc(-c3cc(-c4ccccc4)cc(-c4ccccc4)n3)cc2)C(c2ccccc2)(c2ccccc2)c2ccccc21. The fraction of sp³-hybridized carbons (Fsp3) is 0.0385. The van der Waals surface area contributed by atoms with Gasteiger partial charge in [-0.15, -0.1) is 0 Å². The van der Waals surface area contributed by atoms with E-state index >= 15 is 0 Å². The number of aromatic nitrogens is 1. The molecule has 9 rings (SSSR count). The molecule has 0 amide bonds. The lowest BCUT2D eigenvalue weighted by molar-refractivity contribution is 0.769. The average molecular weight is 691 g/mol. The summed E-state index contributed by atoms with van der Waals surface area (Å²) in [7, 11) is 0. The second-order valence-electron chi connectivity index (χ2n) is 13.7. The van der Waals surface area contributed by atoms with Crippen LogP contribution < -0.4 is 0 Å². The minimum absolute atomic E-state index is 0.562. The topological polar surface area (TPSA) is 25.2 Å². The quantitative estimate of drug-likeness (QED) is 0.138. The van der Waals surface area contributed by atoms with Crippen molar-refractivity contribution in [3.63, 3.8) is 0 Å². The van der Waals surface area contributed by atoms with Crippen LogP contribution in [0.3, 0.4) is 0 Å². The zero-order chi connectivity index (χ0) is 36.2. The molecule has 0 saturated carbocycles. The fourth-order valence-electron chi connectivity index (χ4n) is 7.90. The summed E-state index contributed by atoms with van der Waals surface area (Å²) >= 11 is 0. The first kappa shape index (κ1) is 33.0. The number of hydrogen-bond donors (Lipinski definition) is 0. The van der Waals surface area contributed by atoms with Crippen LogP contribution in [0.5, 0.6) is 0 Å². The molecule has 2 heteroatoms. The molecule has 0 saturated heterocycles. The molecule has 0 radical (unpaired) electrons. The van der Waals surface area contributed by atoms with E-state index < -0.39 is 5.41 Å². The Morgan fingerprint density at radius 2 is 0.926 bits per heavy atom. The first-order valence-electron chi connectivity index (χ1n) is 18.5. The molecule has 1 aromatic heterocycles. The highest BCUT2D eigenvalue weighted by atomic mass is 14.8. The largest absolute Gasteiger partial charge is 0.280 e. The van der Waals surface area contributed by atoms with Crippen LogP contribution in [0.1, 0.15) is 33.4 Å². The van der Waals surface area contributed by atoms with Crippen molar-refractivity contribution in [3.8, 4) is 33.6 Å². The third-order valence-electron chi connectivity index (χ3n) is 10.5.